The molecule has 1 aliphatic carbocycles. The molecule has 2 nitrogen and oxygen atoms in total. The first-order chi connectivity index (χ1) is 8.29. The Kier molecular flexibility index (Phi) is 3.04. The number of alkyl halides is 3. The van der Waals surface area contributed by atoms with Gasteiger partial charge in [-0.3, -0.25) is 4.79 Å². The van der Waals surface area contributed by atoms with Gasteiger partial charge in [0.15, 0.2) is 0 Å². The van der Waals surface area contributed by atoms with Crippen molar-refractivity contribution in [2.75, 3.05) is 0 Å². The minimum atomic E-state index is -4.59. The van der Waals surface area contributed by atoms with Gasteiger partial charge in [0.2, 0.25) is 0 Å². The zero-order valence-electron chi connectivity index (χ0n) is 9.51. The molecule has 98 valence electrons. The molecule has 1 aromatic rings. The van der Waals surface area contributed by atoms with Crippen molar-refractivity contribution in [1.29, 1.82) is 0 Å². The Hall–Kier alpha value is -1.59. The number of amides is 1. The second kappa shape index (κ2) is 4.26. The first-order valence-electron chi connectivity index (χ1n) is 5.46. The molecule has 18 heavy (non-hydrogen) atoms. The maximum atomic E-state index is 13.3. The minimum Gasteiger partial charge on any atom is -0.349 e. The van der Waals surface area contributed by atoms with Gasteiger partial charge in [0.1, 0.15) is 5.82 Å². The van der Waals surface area contributed by atoms with E-state index < -0.39 is 29.0 Å². The van der Waals surface area contributed by atoms with E-state index in [0.29, 0.717) is 24.1 Å². The summed E-state index contributed by atoms with van der Waals surface area (Å²) in [5.74, 6) is -1.45. The fraction of sp³-hybridized carbons (Fsp3) is 0.417. The molecule has 1 aliphatic rings. The molecule has 0 radical (unpaired) electrons. The van der Waals surface area contributed by atoms with Gasteiger partial charge < -0.3 is 5.32 Å². The van der Waals surface area contributed by atoms with Crippen LogP contribution < -0.4 is 5.32 Å². The highest BCUT2D eigenvalue weighted by Crippen LogP contribution is 2.32. The Morgan fingerprint density at radius 2 is 2.00 bits per heavy atom. The first-order valence-corrected chi connectivity index (χ1v) is 5.46. The van der Waals surface area contributed by atoms with Gasteiger partial charge in [0.05, 0.1) is 11.1 Å². The summed E-state index contributed by atoms with van der Waals surface area (Å²) in [5, 5.41) is 2.49. The van der Waals surface area contributed by atoms with Crippen molar-refractivity contribution in [3.05, 3.63) is 35.1 Å². The third kappa shape index (κ3) is 2.63. The van der Waals surface area contributed by atoms with Crippen LogP contribution in [0.25, 0.3) is 0 Å². The molecule has 0 bridgehead atoms. The van der Waals surface area contributed by atoms with Gasteiger partial charge >= 0.3 is 6.18 Å². The average Bonchev–Trinajstić information content (AvgIpc) is 2.92. The van der Waals surface area contributed by atoms with Crippen molar-refractivity contribution in [3.63, 3.8) is 0 Å². The summed E-state index contributed by atoms with van der Waals surface area (Å²) in [5.41, 5.74) is -1.60. The van der Waals surface area contributed by atoms with Crippen LogP contribution in [0.1, 0.15) is 29.3 Å². The smallest absolute Gasteiger partial charge is 0.349 e. The maximum Gasteiger partial charge on any atom is 0.416 e. The molecule has 2 atom stereocenters. The van der Waals surface area contributed by atoms with Gasteiger partial charge in [-0.1, -0.05) is 6.92 Å². The lowest BCUT2D eigenvalue weighted by molar-refractivity contribution is -0.137. The van der Waals surface area contributed by atoms with Gasteiger partial charge in [-0.05, 0) is 30.5 Å². The monoisotopic (exact) mass is 261 g/mol. The van der Waals surface area contributed by atoms with Crippen molar-refractivity contribution in [2.45, 2.75) is 25.6 Å². The van der Waals surface area contributed by atoms with Gasteiger partial charge in [0, 0.05) is 6.04 Å². The molecule has 0 saturated heterocycles. The summed E-state index contributed by atoms with van der Waals surface area (Å²) in [6.45, 7) is 1.90. The zero-order valence-corrected chi connectivity index (χ0v) is 9.51. The molecular weight excluding hydrogens is 250 g/mol. The predicted molar refractivity (Wildman–Crippen MR) is 56.4 cm³/mol. The van der Waals surface area contributed by atoms with Crippen LogP contribution in [0, 0.1) is 11.7 Å². The molecule has 0 aliphatic heterocycles. The lowest BCUT2D eigenvalue weighted by Crippen LogP contribution is -2.27. The lowest BCUT2D eigenvalue weighted by Gasteiger charge is -2.10. The standard InChI is InChI=1S/C12H11F4NO/c1-6-4-10(6)17-11(18)8-5-7(12(14,15)16)2-3-9(8)13/h2-3,5-6,10H,4H2,1H3,(H,17,18). The summed E-state index contributed by atoms with van der Waals surface area (Å²) in [4.78, 5) is 11.6. The molecule has 2 rings (SSSR count). The van der Waals surface area contributed by atoms with Crippen molar-refractivity contribution >= 4 is 5.91 Å². The number of carbonyl (C=O) groups excluding carboxylic acids is 1. The van der Waals surface area contributed by atoms with Crippen LogP contribution in [-0.4, -0.2) is 11.9 Å². The molecule has 0 heterocycles. The quantitative estimate of drug-likeness (QED) is 0.815. The summed E-state index contributed by atoms with van der Waals surface area (Å²) in [7, 11) is 0. The number of carbonyl (C=O) groups is 1. The van der Waals surface area contributed by atoms with Gasteiger partial charge in [0.25, 0.3) is 5.91 Å². The molecule has 1 N–H and O–H groups in total. The average molecular weight is 261 g/mol. The fourth-order valence-electron chi connectivity index (χ4n) is 1.64. The second-order valence-electron chi connectivity index (χ2n) is 4.49. The van der Waals surface area contributed by atoms with Crippen molar-refractivity contribution in [2.24, 2.45) is 5.92 Å². The summed E-state index contributed by atoms with van der Waals surface area (Å²) in [6, 6.07) is 1.75. The van der Waals surface area contributed by atoms with Crippen LogP contribution in [0.5, 0.6) is 0 Å². The number of halogens is 4. The zero-order chi connectivity index (χ0) is 13.5. The molecule has 1 amide bonds. The van der Waals surface area contributed by atoms with Crippen LogP contribution in [0.2, 0.25) is 0 Å². The van der Waals surface area contributed by atoms with Crippen molar-refractivity contribution in [1.82, 2.24) is 5.32 Å². The lowest BCUT2D eigenvalue weighted by atomic mass is 10.1. The molecule has 0 spiro atoms. The molecule has 1 fully saturated rings. The highest BCUT2D eigenvalue weighted by molar-refractivity contribution is 5.95. The number of rotatable bonds is 2. The number of nitrogens with one attached hydrogen (secondary N) is 1. The van der Waals surface area contributed by atoms with E-state index in [-0.39, 0.29) is 6.04 Å². The molecule has 1 aromatic carbocycles. The highest BCUT2D eigenvalue weighted by Gasteiger charge is 2.36. The van der Waals surface area contributed by atoms with Gasteiger partial charge in [-0.15, -0.1) is 0 Å². The van der Waals surface area contributed by atoms with E-state index >= 15 is 0 Å². The molecular formula is C12H11F4NO. The predicted octanol–water partition coefficient (Wildman–Crippen LogP) is 2.98. The Morgan fingerprint density at radius 3 is 2.50 bits per heavy atom. The molecule has 0 aromatic heterocycles. The Labute approximate surface area is 101 Å². The van der Waals surface area contributed by atoms with Crippen LogP contribution in [-0.2, 0) is 6.18 Å². The van der Waals surface area contributed by atoms with Crippen LogP contribution in [0.15, 0.2) is 18.2 Å². The van der Waals surface area contributed by atoms with E-state index in [9.17, 15) is 22.4 Å². The van der Waals surface area contributed by atoms with E-state index in [1.807, 2.05) is 6.92 Å². The van der Waals surface area contributed by atoms with Crippen molar-refractivity contribution in [3.8, 4) is 0 Å². The first kappa shape index (κ1) is 12.9. The van der Waals surface area contributed by atoms with E-state index in [1.165, 1.54) is 0 Å². The van der Waals surface area contributed by atoms with E-state index in [0.717, 1.165) is 6.42 Å². The number of hydrogen-bond acceptors (Lipinski definition) is 1. The third-order valence-electron chi connectivity index (χ3n) is 2.96. The largest absolute Gasteiger partial charge is 0.416 e. The summed E-state index contributed by atoms with van der Waals surface area (Å²) < 4.78 is 50.7. The maximum absolute atomic E-state index is 13.3. The Balaban J connectivity index is 2.23. The fourth-order valence-corrected chi connectivity index (χ4v) is 1.64. The Bertz CT molecular complexity index is 483. The van der Waals surface area contributed by atoms with Crippen LogP contribution in [0.4, 0.5) is 17.6 Å². The summed E-state index contributed by atoms with van der Waals surface area (Å²) in [6.07, 6.45) is -3.82. The van der Waals surface area contributed by atoms with Gasteiger partial charge in [-0.2, -0.15) is 13.2 Å². The third-order valence-corrected chi connectivity index (χ3v) is 2.96. The molecule has 1 saturated carbocycles. The van der Waals surface area contributed by atoms with Crippen LogP contribution in [0.3, 0.4) is 0 Å². The highest BCUT2D eigenvalue weighted by atomic mass is 19.4. The van der Waals surface area contributed by atoms with Crippen LogP contribution >= 0.6 is 0 Å². The molecule has 2 unspecified atom stereocenters. The van der Waals surface area contributed by atoms with E-state index in [2.05, 4.69) is 5.32 Å². The number of benzene rings is 1. The normalized spacial score (nSPS) is 22.7. The van der Waals surface area contributed by atoms with Crippen molar-refractivity contribution < 1.29 is 22.4 Å². The number of hydrogen-bond donors (Lipinski definition) is 1. The minimum absolute atomic E-state index is 0.0635. The van der Waals surface area contributed by atoms with Gasteiger partial charge in [-0.25, -0.2) is 4.39 Å². The second-order valence-corrected chi connectivity index (χ2v) is 4.49. The molecule has 6 heteroatoms. The van der Waals surface area contributed by atoms with E-state index in [4.69, 9.17) is 0 Å². The summed E-state index contributed by atoms with van der Waals surface area (Å²) >= 11 is 0. The topological polar surface area (TPSA) is 29.1 Å². The SMILES string of the molecule is CC1CC1NC(=O)c1cc(C(F)(F)F)ccc1F. The van der Waals surface area contributed by atoms with E-state index in [1.54, 1.807) is 0 Å². The Morgan fingerprint density at radius 1 is 1.39 bits per heavy atom.